The Kier molecular flexibility index (Phi) is 4.26. The fraction of sp³-hybridized carbons (Fsp3) is 0.438. The topological polar surface area (TPSA) is 109 Å². The molecule has 0 radical (unpaired) electrons. The smallest absolute Gasteiger partial charge is 0.270 e. The number of hydrogen-bond acceptors (Lipinski definition) is 5. The maximum absolute atomic E-state index is 12.7. The Labute approximate surface area is 146 Å². The van der Waals surface area contributed by atoms with Crippen LogP contribution in [0.2, 0.25) is 0 Å². The first-order chi connectivity index (χ1) is 12.1. The molecule has 1 atom stereocenters. The van der Waals surface area contributed by atoms with E-state index in [0.29, 0.717) is 30.2 Å². The van der Waals surface area contributed by atoms with E-state index in [4.69, 9.17) is 4.74 Å². The first kappa shape index (κ1) is 16.2. The fourth-order valence-corrected chi connectivity index (χ4v) is 4.49. The Balaban J connectivity index is 1.86. The number of hydrogen-bond donors (Lipinski definition) is 3. The van der Waals surface area contributed by atoms with Gasteiger partial charge in [0, 0.05) is 25.0 Å². The summed E-state index contributed by atoms with van der Waals surface area (Å²) in [7, 11) is 0. The van der Waals surface area contributed by atoms with Crippen LogP contribution in [0.25, 0.3) is 0 Å². The van der Waals surface area contributed by atoms with E-state index in [9.17, 15) is 14.4 Å². The number of H-pyrrole nitrogens is 2. The van der Waals surface area contributed by atoms with Crippen molar-refractivity contribution in [3.8, 4) is 0 Å². The molecule has 4 rings (SSSR count). The van der Waals surface area contributed by atoms with Crippen molar-refractivity contribution in [1.29, 1.82) is 0 Å². The number of nitrogens with zero attached hydrogens (tertiary/aromatic N) is 1. The Bertz CT molecular complexity index is 909. The minimum Gasteiger partial charge on any atom is -0.381 e. The second-order valence-corrected chi connectivity index (χ2v) is 7.20. The minimum absolute atomic E-state index is 0.0586. The standard InChI is InChI=1S/C16H18N4O4S/c21-11-8-25-13(10-2-1-5-17-15(10)22)12-14(18-11)20(19-16(12)23)9-3-6-24-7-4-9/h1-2,5,9,13H,3-4,6-8H2,(H,17,22)(H,18,21)(H,19,23)/t13-/m1/s1. The van der Waals surface area contributed by atoms with Crippen LogP contribution in [-0.4, -0.2) is 39.6 Å². The van der Waals surface area contributed by atoms with Crippen molar-refractivity contribution < 1.29 is 9.53 Å². The molecule has 1 fully saturated rings. The number of nitrogens with one attached hydrogen (secondary N) is 3. The van der Waals surface area contributed by atoms with Gasteiger partial charge in [-0.25, -0.2) is 0 Å². The van der Waals surface area contributed by atoms with E-state index in [1.165, 1.54) is 11.8 Å². The molecule has 2 aromatic heterocycles. The van der Waals surface area contributed by atoms with Crippen LogP contribution >= 0.6 is 11.8 Å². The molecule has 0 aromatic carbocycles. The average molecular weight is 362 g/mol. The Morgan fingerprint density at radius 3 is 2.72 bits per heavy atom. The van der Waals surface area contributed by atoms with Crippen molar-refractivity contribution >= 4 is 23.5 Å². The maximum atomic E-state index is 12.7. The molecule has 0 bridgehead atoms. The summed E-state index contributed by atoms with van der Waals surface area (Å²) in [5.74, 6) is 0.474. The van der Waals surface area contributed by atoms with Gasteiger partial charge in [0.2, 0.25) is 5.91 Å². The molecule has 0 aliphatic carbocycles. The van der Waals surface area contributed by atoms with Crippen molar-refractivity contribution in [3.05, 3.63) is 50.2 Å². The lowest BCUT2D eigenvalue weighted by Crippen LogP contribution is -2.24. The van der Waals surface area contributed by atoms with Crippen molar-refractivity contribution in [2.24, 2.45) is 0 Å². The fourth-order valence-electron chi connectivity index (χ4n) is 3.35. The largest absolute Gasteiger partial charge is 0.381 e. The highest BCUT2D eigenvalue weighted by molar-refractivity contribution is 8.00. The number of rotatable bonds is 2. The number of carbonyl (C=O) groups excluding carboxylic acids is 1. The van der Waals surface area contributed by atoms with Crippen LogP contribution in [0.5, 0.6) is 0 Å². The first-order valence-corrected chi connectivity index (χ1v) is 9.21. The molecule has 25 heavy (non-hydrogen) atoms. The second kappa shape index (κ2) is 6.57. The van der Waals surface area contributed by atoms with E-state index in [0.717, 1.165) is 12.8 Å². The second-order valence-electron chi connectivity index (χ2n) is 6.11. The Morgan fingerprint density at radius 1 is 1.16 bits per heavy atom. The highest BCUT2D eigenvalue weighted by Crippen LogP contribution is 2.39. The molecule has 2 aliphatic rings. The van der Waals surface area contributed by atoms with Gasteiger partial charge in [-0.15, -0.1) is 11.8 Å². The molecule has 0 unspecified atom stereocenters. The van der Waals surface area contributed by atoms with E-state index >= 15 is 0 Å². The van der Waals surface area contributed by atoms with E-state index in [2.05, 4.69) is 15.4 Å². The number of fused-ring (bicyclic) bond motifs is 1. The predicted octanol–water partition coefficient (Wildman–Crippen LogP) is 0.991. The lowest BCUT2D eigenvalue weighted by Gasteiger charge is -2.25. The quantitative estimate of drug-likeness (QED) is 0.738. The zero-order chi connectivity index (χ0) is 17.4. The number of aromatic amines is 2. The zero-order valence-electron chi connectivity index (χ0n) is 13.4. The van der Waals surface area contributed by atoms with E-state index < -0.39 is 5.25 Å². The van der Waals surface area contributed by atoms with E-state index in [1.54, 1.807) is 23.0 Å². The van der Waals surface area contributed by atoms with Crippen LogP contribution in [0, 0.1) is 0 Å². The average Bonchev–Trinajstić information content (AvgIpc) is 2.83. The number of pyridine rings is 1. The van der Waals surface area contributed by atoms with Crippen molar-refractivity contribution in [1.82, 2.24) is 14.8 Å². The highest BCUT2D eigenvalue weighted by atomic mass is 32.2. The van der Waals surface area contributed by atoms with Crippen molar-refractivity contribution in [2.45, 2.75) is 24.1 Å². The van der Waals surface area contributed by atoms with Gasteiger partial charge in [0.1, 0.15) is 5.82 Å². The molecule has 2 aliphatic heterocycles. The summed E-state index contributed by atoms with van der Waals surface area (Å²) in [6, 6.07) is 3.48. The normalized spacial score (nSPS) is 21.4. The summed E-state index contributed by atoms with van der Waals surface area (Å²) in [5.41, 5.74) is 0.377. The van der Waals surface area contributed by atoms with Crippen LogP contribution in [0.15, 0.2) is 27.9 Å². The number of thioether (sulfide) groups is 1. The van der Waals surface area contributed by atoms with Crippen LogP contribution in [0.3, 0.4) is 0 Å². The molecule has 9 heteroatoms. The van der Waals surface area contributed by atoms with E-state index in [1.807, 2.05) is 0 Å². The molecule has 4 heterocycles. The van der Waals surface area contributed by atoms with Gasteiger partial charge in [0.25, 0.3) is 11.1 Å². The Hall–Kier alpha value is -2.26. The molecule has 1 amide bonds. The van der Waals surface area contributed by atoms with Gasteiger partial charge < -0.3 is 15.0 Å². The molecular weight excluding hydrogens is 344 g/mol. The lowest BCUT2D eigenvalue weighted by molar-refractivity contribution is -0.113. The first-order valence-electron chi connectivity index (χ1n) is 8.16. The summed E-state index contributed by atoms with van der Waals surface area (Å²) in [4.78, 5) is 39.7. The van der Waals surface area contributed by atoms with Crippen LogP contribution < -0.4 is 16.4 Å². The van der Waals surface area contributed by atoms with Gasteiger partial charge in [-0.2, -0.15) is 0 Å². The zero-order valence-corrected chi connectivity index (χ0v) is 14.2. The SMILES string of the molecule is O=C1CS[C@H](c2ccc[nH]c2=O)c2c(n(C3CCOCC3)[nH]c2=O)N1. The number of ether oxygens (including phenoxy) is 1. The highest BCUT2D eigenvalue weighted by Gasteiger charge is 2.33. The number of aromatic nitrogens is 3. The lowest BCUT2D eigenvalue weighted by atomic mass is 10.1. The van der Waals surface area contributed by atoms with Crippen molar-refractivity contribution in [2.75, 3.05) is 24.3 Å². The number of carbonyl (C=O) groups is 1. The molecule has 0 spiro atoms. The summed E-state index contributed by atoms with van der Waals surface area (Å²) < 4.78 is 7.13. The van der Waals surface area contributed by atoms with Gasteiger partial charge in [-0.1, -0.05) is 6.07 Å². The van der Waals surface area contributed by atoms with Crippen LogP contribution in [0.4, 0.5) is 5.82 Å². The molecule has 132 valence electrons. The van der Waals surface area contributed by atoms with Crippen LogP contribution in [0.1, 0.15) is 35.3 Å². The minimum atomic E-state index is -0.497. The van der Waals surface area contributed by atoms with Crippen molar-refractivity contribution in [3.63, 3.8) is 0 Å². The third-order valence-electron chi connectivity index (χ3n) is 4.55. The molecule has 8 nitrogen and oxygen atoms in total. The summed E-state index contributed by atoms with van der Waals surface area (Å²) in [5, 5.41) is 5.21. The van der Waals surface area contributed by atoms with Gasteiger partial charge >= 0.3 is 0 Å². The van der Waals surface area contributed by atoms with Gasteiger partial charge in [0.15, 0.2) is 0 Å². The summed E-state index contributed by atoms with van der Waals surface area (Å²) in [6.07, 6.45) is 3.07. The monoisotopic (exact) mass is 362 g/mol. The molecular formula is C16H18N4O4S. The van der Waals surface area contributed by atoms with E-state index in [-0.39, 0.29) is 28.8 Å². The molecule has 1 saturated heterocycles. The van der Waals surface area contributed by atoms with Gasteiger partial charge in [-0.05, 0) is 18.9 Å². The number of amides is 1. The predicted molar refractivity (Wildman–Crippen MR) is 94.1 cm³/mol. The third-order valence-corrected chi connectivity index (χ3v) is 5.80. The number of anilines is 1. The van der Waals surface area contributed by atoms with Gasteiger partial charge in [-0.3, -0.25) is 24.2 Å². The third kappa shape index (κ3) is 2.93. The molecule has 2 aromatic rings. The van der Waals surface area contributed by atoms with Gasteiger partial charge in [0.05, 0.1) is 22.6 Å². The molecule has 0 saturated carbocycles. The Morgan fingerprint density at radius 2 is 1.96 bits per heavy atom. The summed E-state index contributed by atoms with van der Waals surface area (Å²) in [6.45, 7) is 1.23. The maximum Gasteiger partial charge on any atom is 0.270 e. The summed E-state index contributed by atoms with van der Waals surface area (Å²) >= 11 is 1.29. The van der Waals surface area contributed by atoms with Crippen LogP contribution in [-0.2, 0) is 9.53 Å². The molecule has 3 N–H and O–H groups in total.